The van der Waals surface area contributed by atoms with Gasteiger partial charge in [0.1, 0.15) is 18.1 Å². The van der Waals surface area contributed by atoms with Crippen molar-refractivity contribution in [3.05, 3.63) is 54.1 Å². The molecule has 5 atom stereocenters. The molecule has 38 heavy (non-hydrogen) atoms. The summed E-state index contributed by atoms with van der Waals surface area (Å²) in [4.78, 5) is 68.5. The molecular formula is C25H34N6O7. The molecule has 0 saturated carbocycles. The number of carbonyl (C=O) groups is 5. The number of aromatic nitrogens is 2. The first-order valence-corrected chi connectivity index (χ1v) is 12.1. The van der Waals surface area contributed by atoms with Crippen LogP contribution in [0, 0.1) is 5.92 Å². The van der Waals surface area contributed by atoms with Crippen molar-refractivity contribution in [1.29, 1.82) is 0 Å². The van der Waals surface area contributed by atoms with Crippen LogP contribution in [0.4, 0.5) is 0 Å². The van der Waals surface area contributed by atoms with Gasteiger partial charge in [-0.2, -0.15) is 0 Å². The van der Waals surface area contributed by atoms with Crippen LogP contribution in [0.1, 0.15) is 37.9 Å². The van der Waals surface area contributed by atoms with Gasteiger partial charge in [0, 0.05) is 24.7 Å². The van der Waals surface area contributed by atoms with Crippen molar-refractivity contribution in [2.75, 3.05) is 0 Å². The van der Waals surface area contributed by atoms with Gasteiger partial charge in [-0.1, -0.05) is 50.6 Å². The van der Waals surface area contributed by atoms with Crippen LogP contribution in [0.25, 0.3) is 0 Å². The standard InChI is InChI=1S/C25H34N6O7/c1-3-14(2)21(31-22(34)17(26)11-20(32)33)24(36)29-18(10-16-12-27-13-28-16)23(35)30-19(25(37)38)9-15-7-5-4-6-8-15/h4-8,12-14,17-19,21H,3,9-11,26H2,1-2H3,(H,27,28)(H,29,36)(H,30,35)(H,31,34)(H,32,33)(H,37,38). The number of H-pyrrole nitrogens is 1. The normalized spacial score (nSPS) is 14.8. The number of nitrogens with one attached hydrogen (secondary N) is 4. The molecule has 0 saturated heterocycles. The van der Waals surface area contributed by atoms with Crippen molar-refractivity contribution in [3.8, 4) is 0 Å². The number of amides is 3. The van der Waals surface area contributed by atoms with Crippen LogP contribution in [-0.4, -0.2) is 74.0 Å². The Morgan fingerprint density at radius 1 is 0.947 bits per heavy atom. The van der Waals surface area contributed by atoms with E-state index >= 15 is 0 Å². The zero-order valence-electron chi connectivity index (χ0n) is 21.2. The maximum atomic E-state index is 13.3. The first kappa shape index (κ1) is 30.0. The van der Waals surface area contributed by atoms with E-state index in [1.165, 1.54) is 12.5 Å². The smallest absolute Gasteiger partial charge is 0.326 e. The third-order valence-electron chi connectivity index (χ3n) is 6.03. The molecule has 0 bridgehead atoms. The van der Waals surface area contributed by atoms with E-state index in [0.717, 1.165) is 0 Å². The Hall–Kier alpha value is -4.26. The zero-order valence-corrected chi connectivity index (χ0v) is 21.2. The van der Waals surface area contributed by atoms with Crippen LogP contribution in [0.5, 0.6) is 0 Å². The number of carboxylic acid groups (broad SMARTS) is 2. The summed E-state index contributed by atoms with van der Waals surface area (Å²) >= 11 is 0. The zero-order chi connectivity index (χ0) is 28.2. The van der Waals surface area contributed by atoms with Gasteiger partial charge in [-0.15, -0.1) is 0 Å². The van der Waals surface area contributed by atoms with Gasteiger partial charge in [0.2, 0.25) is 17.7 Å². The van der Waals surface area contributed by atoms with Gasteiger partial charge < -0.3 is 36.9 Å². The van der Waals surface area contributed by atoms with Gasteiger partial charge in [0.15, 0.2) is 0 Å². The Morgan fingerprint density at radius 3 is 2.16 bits per heavy atom. The fraction of sp³-hybridized carbons (Fsp3) is 0.440. The highest BCUT2D eigenvalue weighted by Gasteiger charge is 2.33. The quantitative estimate of drug-likeness (QED) is 0.159. The highest BCUT2D eigenvalue weighted by molar-refractivity contribution is 5.95. The van der Waals surface area contributed by atoms with E-state index in [0.29, 0.717) is 17.7 Å². The summed E-state index contributed by atoms with van der Waals surface area (Å²) in [6, 6.07) is 3.80. The number of nitrogens with zero attached hydrogens (tertiary/aromatic N) is 1. The molecular weight excluding hydrogens is 496 g/mol. The van der Waals surface area contributed by atoms with Crippen molar-refractivity contribution in [2.45, 2.75) is 63.7 Å². The van der Waals surface area contributed by atoms with Gasteiger partial charge in [-0.05, 0) is 11.5 Å². The van der Waals surface area contributed by atoms with Gasteiger partial charge in [0.25, 0.3) is 0 Å². The van der Waals surface area contributed by atoms with E-state index < -0.39 is 66.2 Å². The summed E-state index contributed by atoms with van der Waals surface area (Å²) in [6.07, 6.45) is 2.71. The van der Waals surface area contributed by atoms with Crippen LogP contribution >= 0.6 is 0 Å². The van der Waals surface area contributed by atoms with Crippen molar-refractivity contribution in [1.82, 2.24) is 25.9 Å². The first-order chi connectivity index (χ1) is 18.0. The number of nitrogens with two attached hydrogens (primary N) is 1. The van der Waals surface area contributed by atoms with Crippen LogP contribution in [0.15, 0.2) is 42.9 Å². The molecule has 0 radical (unpaired) electrons. The predicted octanol–water partition coefficient (Wildman–Crippen LogP) is -0.418. The molecule has 1 heterocycles. The summed E-state index contributed by atoms with van der Waals surface area (Å²) in [6.45, 7) is 3.50. The summed E-state index contributed by atoms with van der Waals surface area (Å²) in [5, 5.41) is 26.2. The lowest BCUT2D eigenvalue weighted by molar-refractivity contribution is -0.142. The number of hydrogen-bond donors (Lipinski definition) is 7. The second-order valence-corrected chi connectivity index (χ2v) is 9.01. The van der Waals surface area contributed by atoms with E-state index in [-0.39, 0.29) is 12.8 Å². The maximum absolute atomic E-state index is 13.3. The molecule has 8 N–H and O–H groups in total. The maximum Gasteiger partial charge on any atom is 0.326 e. The van der Waals surface area contributed by atoms with Gasteiger partial charge in [0.05, 0.1) is 18.8 Å². The van der Waals surface area contributed by atoms with Crippen LogP contribution in [0.2, 0.25) is 0 Å². The van der Waals surface area contributed by atoms with Gasteiger partial charge in [-0.25, -0.2) is 9.78 Å². The molecule has 0 aliphatic rings. The lowest BCUT2D eigenvalue weighted by Crippen LogP contribution is -2.59. The Labute approximate surface area is 219 Å². The minimum atomic E-state index is -1.37. The number of hydrogen-bond acceptors (Lipinski definition) is 7. The number of aromatic amines is 1. The molecule has 0 aliphatic heterocycles. The lowest BCUT2D eigenvalue weighted by atomic mass is 9.97. The topological polar surface area (TPSA) is 217 Å². The summed E-state index contributed by atoms with van der Waals surface area (Å²) in [5.74, 6) is -5.17. The second-order valence-electron chi connectivity index (χ2n) is 9.01. The molecule has 13 nitrogen and oxygen atoms in total. The Bertz CT molecular complexity index is 1090. The van der Waals surface area contributed by atoms with E-state index in [4.69, 9.17) is 10.8 Å². The Kier molecular flexibility index (Phi) is 11.4. The molecule has 0 spiro atoms. The number of imidazole rings is 1. The third kappa shape index (κ3) is 9.32. The number of carboxylic acids is 2. The average Bonchev–Trinajstić information content (AvgIpc) is 3.39. The van der Waals surface area contributed by atoms with Crippen molar-refractivity contribution >= 4 is 29.7 Å². The minimum Gasteiger partial charge on any atom is -0.481 e. The third-order valence-corrected chi connectivity index (χ3v) is 6.03. The molecule has 0 fully saturated rings. The summed E-state index contributed by atoms with van der Waals surface area (Å²) in [7, 11) is 0. The molecule has 206 valence electrons. The van der Waals surface area contributed by atoms with Crippen molar-refractivity contribution in [3.63, 3.8) is 0 Å². The van der Waals surface area contributed by atoms with E-state index in [1.54, 1.807) is 44.2 Å². The Morgan fingerprint density at radius 2 is 1.61 bits per heavy atom. The van der Waals surface area contributed by atoms with Crippen molar-refractivity contribution < 1.29 is 34.2 Å². The van der Waals surface area contributed by atoms with E-state index in [1.807, 2.05) is 0 Å². The Balaban J connectivity index is 2.22. The second kappa shape index (κ2) is 14.5. The van der Waals surface area contributed by atoms with E-state index in [9.17, 15) is 29.1 Å². The molecule has 1 aromatic carbocycles. The lowest BCUT2D eigenvalue weighted by Gasteiger charge is -2.27. The highest BCUT2D eigenvalue weighted by Crippen LogP contribution is 2.11. The van der Waals surface area contributed by atoms with Gasteiger partial charge in [-0.3, -0.25) is 19.2 Å². The number of rotatable bonds is 15. The fourth-order valence-electron chi connectivity index (χ4n) is 3.65. The van der Waals surface area contributed by atoms with Crippen LogP contribution in [0.3, 0.4) is 0 Å². The monoisotopic (exact) mass is 530 g/mol. The molecule has 2 rings (SSSR count). The SMILES string of the molecule is CCC(C)C(NC(=O)C(N)CC(=O)O)C(=O)NC(Cc1cnc[nH]1)C(=O)NC(Cc1ccccc1)C(=O)O. The molecule has 13 heteroatoms. The number of carbonyl (C=O) groups excluding carboxylic acids is 3. The van der Waals surface area contributed by atoms with Crippen molar-refractivity contribution in [2.24, 2.45) is 11.7 Å². The molecule has 5 unspecified atom stereocenters. The molecule has 3 amide bonds. The van der Waals surface area contributed by atoms with Gasteiger partial charge >= 0.3 is 11.9 Å². The molecule has 0 aliphatic carbocycles. The summed E-state index contributed by atoms with van der Waals surface area (Å²) in [5.41, 5.74) is 6.85. The summed E-state index contributed by atoms with van der Waals surface area (Å²) < 4.78 is 0. The molecule has 2 aromatic rings. The minimum absolute atomic E-state index is 0.0274. The first-order valence-electron chi connectivity index (χ1n) is 12.1. The number of benzene rings is 1. The number of aliphatic carboxylic acids is 2. The predicted molar refractivity (Wildman–Crippen MR) is 136 cm³/mol. The van der Waals surface area contributed by atoms with Crippen LogP contribution in [-0.2, 0) is 36.8 Å². The molecule has 1 aromatic heterocycles. The van der Waals surface area contributed by atoms with Crippen LogP contribution < -0.4 is 21.7 Å². The highest BCUT2D eigenvalue weighted by atomic mass is 16.4. The van der Waals surface area contributed by atoms with E-state index in [2.05, 4.69) is 25.9 Å². The largest absolute Gasteiger partial charge is 0.481 e. The average molecular weight is 531 g/mol. The fourth-order valence-corrected chi connectivity index (χ4v) is 3.65.